The highest BCUT2D eigenvalue weighted by Gasteiger charge is 2.12. The predicted molar refractivity (Wildman–Crippen MR) is 145 cm³/mol. The minimum Gasteiger partial charge on any atom is -0.384 e. The van der Waals surface area contributed by atoms with Crippen molar-refractivity contribution in [3.05, 3.63) is 102 Å². The van der Waals surface area contributed by atoms with Gasteiger partial charge < -0.3 is 11.5 Å². The first kappa shape index (κ1) is 21.4. The molecule has 0 aromatic carbocycles. The lowest BCUT2D eigenvalue weighted by Gasteiger charge is -1.95. The highest BCUT2D eigenvalue weighted by Crippen LogP contribution is 2.31. The Hall–Kier alpha value is -5.17. The Morgan fingerprint density at radius 3 is 1.78 bits per heavy atom. The Bertz CT molecular complexity index is 1670. The maximum Gasteiger partial charge on any atom is 0.123 e. The van der Waals surface area contributed by atoms with Crippen molar-refractivity contribution in [1.82, 2.24) is 25.1 Å². The highest BCUT2D eigenvalue weighted by molar-refractivity contribution is 5.86. The molecule has 0 amide bonds. The summed E-state index contributed by atoms with van der Waals surface area (Å²) in [4.78, 5) is 13.0. The number of hydrogen-bond donors (Lipinski definition) is 2. The first-order valence-electron chi connectivity index (χ1n) is 11.4. The Kier molecular flexibility index (Phi) is 5.27. The van der Waals surface area contributed by atoms with Crippen LogP contribution in [0.5, 0.6) is 0 Å². The lowest BCUT2D eigenvalue weighted by molar-refractivity contribution is 1.08. The van der Waals surface area contributed by atoms with Crippen LogP contribution in [0.3, 0.4) is 0 Å². The van der Waals surface area contributed by atoms with Gasteiger partial charge in [0.15, 0.2) is 0 Å². The fraction of sp³-hybridized carbons (Fsp3) is 0. The normalized spacial score (nSPS) is 11.9. The maximum atomic E-state index is 5.82. The smallest absolute Gasteiger partial charge is 0.123 e. The number of anilines is 2. The quantitative estimate of drug-likeness (QED) is 0.352. The van der Waals surface area contributed by atoms with Gasteiger partial charge in [-0.15, -0.1) is 10.2 Å². The van der Waals surface area contributed by atoms with E-state index in [0.717, 1.165) is 56.0 Å². The first-order chi connectivity index (χ1) is 17.6. The topological polar surface area (TPSA) is 116 Å². The van der Waals surface area contributed by atoms with Crippen LogP contribution in [0.1, 0.15) is 22.5 Å². The molecule has 6 aliphatic rings. The van der Waals surface area contributed by atoms with E-state index in [-0.39, 0.29) is 0 Å². The van der Waals surface area contributed by atoms with Crippen LogP contribution in [-0.4, -0.2) is 25.1 Å². The van der Waals surface area contributed by atoms with Gasteiger partial charge in [0.1, 0.15) is 17.3 Å². The van der Waals surface area contributed by atoms with Gasteiger partial charge in [-0.25, -0.2) is 9.97 Å². The number of hydrogen-bond acceptors (Lipinski definition) is 7. The molecule has 2 aliphatic carbocycles. The predicted octanol–water partition coefficient (Wildman–Crippen LogP) is 5.48. The molecule has 36 heavy (non-hydrogen) atoms. The van der Waals surface area contributed by atoms with E-state index in [1.54, 1.807) is 18.6 Å². The van der Waals surface area contributed by atoms with Gasteiger partial charge in [-0.2, -0.15) is 0 Å². The molecular formula is C29H21N7. The van der Waals surface area contributed by atoms with Crippen LogP contribution in [0.2, 0.25) is 0 Å². The third-order valence-electron chi connectivity index (χ3n) is 6.10. The van der Waals surface area contributed by atoms with Crippen LogP contribution >= 0.6 is 0 Å². The van der Waals surface area contributed by atoms with Crippen molar-refractivity contribution in [2.24, 2.45) is 0 Å². The summed E-state index contributed by atoms with van der Waals surface area (Å²) in [5.74, 6) is 0.978. The second kappa shape index (κ2) is 8.88. The Morgan fingerprint density at radius 2 is 1.11 bits per heavy atom. The van der Waals surface area contributed by atoms with Crippen molar-refractivity contribution in [3.8, 4) is 33.5 Å². The molecule has 0 saturated carbocycles. The van der Waals surface area contributed by atoms with E-state index in [9.17, 15) is 0 Å². The van der Waals surface area contributed by atoms with Crippen LogP contribution in [0.25, 0.3) is 57.8 Å². The van der Waals surface area contributed by atoms with Gasteiger partial charge in [0.25, 0.3) is 0 Å². The molecule has 4 N–H and O–H groups in total. The second-order valence-corrected chi connectivity index (χ2v) is 8.42. The van der Waals surface area contributed by atoms with Gasteiger partial charge in [-0.05, 0) is 58.7 Å². The molecule has 4 heterocycles. The van der Waals surface area contributed by atoms with Gasteiger partial charge in [-0.3, -0.25) is 4.98 Å². The fourth-order valence-electron chi connectivity index (χ4n) is 4.19. The number of fused-ring (bicyclic) bond motifs is 3. The van der Waals surface area contributed by atoms with E-state index in [4.69, 9.17) is 11.5 Å². The zero-order valence-corrected chi connectivity index (χ0v) is 19.2. The Labute approximate surface area is 207 Å². The Balaban J connectivity index is 1.28. The van der Waals surface area contributed by atoms with Gasteiger partial charge in [0, 0.05) is 29.1 Å². The van der Waals surface area contributed by atoms with E-state index < -0.39 is 0 Å². The van der Waals surface area contributed by atoms with E-state index in [1.165, 1.54) is 0 Å². The molecule has 0 unspecified atom stereocenters. The third-order valence-corrected chi connectivity index (χ3v) is 6.10. The maximum absolute atomic E-state index is 5.82. The van der Waals surface area contributed by atoms with Crippen LogP contribution < -0.4 is 11.5 Å². The van der Waals surface area contributed by atoms with Crippen LogP contribution in [-0.2, 0) is 0 Å². The number of nitrogen functional groups attached to an aromatic ring is 2. The molecule has 0 atom stereocenters. The minimum atomic E-state index is 0.487. The Morgan fingerprint density at radius 1 is 0.500 bits per heavy atom. The summed E-state index contributed by atoms with van der Waals surface area (Å²) >= 11 is 0. The van der Waals surface area contributed by atoms with Gasteiger partial charge in [0.05, 0.1) is 17.6 Å². The van der Waals surface area contributed by atoms with Crippen LogP contribution in [0.15, 0.2) is 79.3 Å². The van der Waals surface area contributed by atoms with E-state index >= 15 is 0 Å². The standard InChI is InChI=1S/C29H21N7/c30-28-13-10-23-18(1-3-20(23)15-33-28)5-7-22-8-9-25-26(35-36-27(25)17-32-22)12-6-19-2-4-21-16-34-29(31)14-11-24(19)21/h1-17H,(H2,30,33)(H2,31,34)/b7-5+,12-6+. The number of aromatic nitrogens is 5. The summed E-state index contributed by atoms with van der Waals surface area (Å²) in [5, 5.41) is 8.67. The lowest BCUT2D eigenvalue weighted by Crippen LogP contribution is -1.82. The van der Waals surface area contributed by atoms with Gasteiger partial charge in [0.2, 0.25) is 0 Å². The van der Waals surface area contributed by atoms with Crippen molar-refractivity contribution in [1.29, 1.82) is 0 Å². The molecule has 7 nitrogen and oxygen atoms in total. The molecule has 6 rings (SSSR count). The van der Waals surface area contributed by atoms with Gasteiger partial charge in [-0.1, -0.05) is 48.6 Å². The lowest BCUT2D eigenvalue weighted by atomic mass is 10.1. The van der Waals surface area contributed by atoms with Crippen molar-refractivity contribution in [2.75, 3.05) is 11.5 Å². The van der Waals surface area contributed by atoms with E-state index in [1.807, 2.05) is 72.8 Å². The van der Waals surface area contributed by atoms with Crippen LogP contribution in [0.4, 0.5) is 11.6 Å². The largest absolute Gasteiger partial charge is 0.384 e. The minimum absolute atomic E-state index is 0.487. The fourth-order valence-corrected chi connectivity index (χ4v) is 4.19. The number of rotatable bonds is 4. The van der Waals surface area contributed by atoms with Gasteiger partial charge >= 0.3 is 0 Å². The average molecular weight is 468 g/mol. The molecule has 0 spiro atoms. The van der Waals surface area contributed by atoms with Crippen LogP contribution in [0, 0.1) is 0 Å². The molecule has 0 saturated heterocycles. The number of nitrogens with two attached hydrogens (primary N) is 2. The molecule has 4 aliphatic heterocycles. The second-order valence-electron chi connectivity index (χ2n) is 8.42. The zero-order chi connectivity index (χ0) is 24.5. The molecule has 7 heteroatoms. The summed E-state index contributed by atoms with van der Waals surface area (Å²) in [5.41, 5.74) is 21.3. The highest BCUT2D eigenvalue weighted by atomic mass is 15.1. The first-order valence-corrected chi connectivity index (χ1v) is 11.4. The van der Waals surface area contributed by atoms with E-state index in [2.05, 4.69) is 37.3 Å². The molecule has 172 valence electrons. The van der Waals surface area contributed by atoms with E-state index in [0.29, 0.717) is 11.6 Å². The third kappa shape index (κ3) is 4.10. The molecule has 0 radical (unpaired) electrons. The van der Waals surface area contributed by atoms with Crippen molar-refractivity contribution in [2.45, 2.75) is 0 Å². The summed E-state index contributed by atoms with van der Waals surface area (Å²) in [6.45, 7) is 0. The molecule has 0 aromatic heterocycles. The van der Waals surface area contributed by atoms with Crippen molar-refractivity contribution in [3.63, 3.8) is 0 Å². The van der Waals surface area contributed by atoms with Crippen molar-refractivity contribution < 1.29 is 0 Å². The molecule has 0 aromatic rings. The zero-order valence-electron chi connectivity index (χ0n) is 19.2. The van der Waals surface area contributed by atoms with Crippen molar-refractivity contribution >= 4 is 35.9 Å². The summed E-state index contributed by atoms with van der Waals surface area (Å²) < 4.78 is 0. The summed E-state index contributed by atoms with van der Waals surface area (Å²) in [6.07, 6.45) is 13.3. The summed E-state index contributed by atoms with van der Waals surface area (Å²) in [7, 11) is 0. The average Bonchev–Trinajstić information content (AvgIpc) is 3.45. The monoisotopic (exact) mass is 467 g/mol. The molecule has 0 fully saturated rings. The molecular weight excluding hydrogens is 446 g/mol. The SMILES string of the molecule is Nc1ccc2c(/C=C/c3ccc4c(/C=C/c5ccc6cnc(N)ccc5-6)nnc-4cn3)ccc-2cn1. The molecule has 0 bridgehead atoms. The summed E-state index contributed by atoms with van der Waals surface area (Å²) in [6, 6.07) is 19.7. The number of nitrogens with zero attached hydrogens (tertiary/aromatic N) is 5.